The van der Waals surface area contributed by atoms with E-state index in [0.717, 1.165) is 6.42 Å². The molecule has 0 aromatic carbocycles. The molecule has 1 rings (SSSR count). The van der Waals surface area contributed by atoms with E-state index < -0.39 is 5.60 Å². The minimum absolute atomic E-state index is 0.117. The van der Waals surface area contributed by atoms with Crippen LogP contribution in [0.15, 0.2) is 0 Å². The van der Waals surface area contributed by atoms with Gasteiger partial charge in [0.05, 0.1) is 18.8 Å². The van der Waals surface area contributed by atoms with E-state index in [1.807, 2.05) is 34.6 Å². The average Bonchev–Trinajstić information content (AvgIpc) is 2.67. The first-order chi connectivity index (χ1) is 8.65. The zero-order chi connectivity index (χ0) is 14.7. The molecule has 0 aromatic heterocycles. The Labute approximate surface area is 115 Å². The molecule has 0 spiro atoms. The number of carbonyl (C=O) groups excluding carboxylic acids is 1. The molecule has 1 aliphatic rings. The fourth-order valence-electron chi connectivity index (χ4n) is 1.93. The van der Waals surface area contributed by atoms with Crippen molar-refractivity contribution in [2.75, 3.05) is 26.3 Å². The van der Waals surface area contributed by atoms with Gasteiger partial charge in [-0.15, -0.1) is 0 Å². The van der Waals surface area contributed by atoms with Gasteiger partial charge in [-0.25, -0.2) is 4.79 Å². The molecule has 0 aliphatic carbocycles. The lowest BCUT2D eigenvalue weighted by Crippen LogP contribution is -2.39. The molecule has 2 atom stereocenters. The number of amides is 1. The van der Waals surface area contributed by atoms with Gasteiger partial charge < -0.3 is 19.5 Å². The Bertz CT molecular complexity index is 313. The van der Waals surface area contributed by atoms with Gasteiger partial charge in [0, 0.05) is 19.1 Å². The third-order valence-electron chi connectivity index (χ3n) is 3.12. The van der Waals surface area contributed by atoms with Crippen LogP contribution in [0.5, 0.6) is 0 Å². The molecule has 1 amide bonds. The first-order valence-corrected chi connectivity index (χ1v) is 6.88. The summed E-state index contributed by atoms with van der Waals surface area (Å²) in [5.41, 5.74) is -0.803. The number of aliphatic hydroxyl groups is 1. The number of hydrogen-bond donors (Lipinski definition) is 1. The number of rotatable bonds is 4. The first-order valence-electron chi connectivity index (χ1n) is 6.88. The topological polar surface area (TPSA) is 59.0 Å². The van der Waals surface area contributed by atoms with Crippen LogP contribution in [0, 0.1) is 5.92 Å². The fourth-order valence-corrected chi connectivity index (χ4v) is 1.93. The van der Waals surface area contributed by atoms with Crippen molar-refractivity contribution in [1.29, 1.82) is 0 Å². The molecule has 0 aromatic rings. The van der Waals surface area contributed by atoms with Crippen molar-refractivity contribution in [3.63, 3.8) is 0 Å². The Hall–Kier alpha value is -0.810. The van der Waals surface area contributed by atoms with Crippen LogP contribution in [-0.2, 0) is 9.47 Å². The van der Waals surface area contributed by atoms with Crippen molar-refractivity contribution >= 4 is 6.09 Å². The highest BCUT2D eigenvalue weighted by Gasteiger charge is 2.38. The molecule has 0 radical (unpaired) electrons. The van der Waals surface area contributed by atoms with Crippen molar-refractivity contribution in [2.24, 2.45) is 5.92 Å². The Morgan fingerprint density at radius 3 is 2.63 bits per heavy atom. The Morgan fingerprint density at radius 1 is 1.47 bits per heavy atom. The normalized spacial score (nSPS) is 25.5. The summed E-state index contributed by atoms with van der Waals surface area (Å²) in [5, 5.41) is 9.00. The minimum atomic E-state index is -0.470. The maximum Gasteiger partial charge on any atom is 0.410 e. The maximum absolute atomic E-state index is 12.0. The van der Waals surface area contributed by atoms with Crippen molar-refractivity contribution in [2.45, 2.75) is 52.2 Å². The zero-order valence-electron chi connectivity index (χ0n) is 12.7. The second-order valence-corrected chi connectivity index (χ2v) is 6.70. The van der Waals surface area contributed by atoms with E-state index in [2.05, 4.69) is 0 Å². The maximum atomic E-state index is 12.0. The number of carbonyl (C=O) groups is 1. The molecule has 1 saturated heterocycles. The van der Waals surface area contributed by atoms with Gasteiger partial charge in [-0.05, 0) is 34.1 Å². The number of likely N-dealkylation sites (tertiary alicyclic amines) is 1. The minimum Gasteiger partial charge on any atom is -0.444 e. The standard InChI is InChI=1S/C14H27NO4/c1-11(8-16)9-18-14(5)6-7-15(10-14)12(17)19-13(2,3)4/h11,16H,6-10H2,1-5H3. The summed E-state index contributed by atoms with van der Waals surface area (Å²) in [4.78, 5) is 13.6. The van der Waals surface area contributed by atoms with E-state index in [-0.39, 0.29) is 24.2 Å². The van der Waals surface area contributed by atoms with Crippen molar-refractivity contribution in [3.05, 3.63) is 0 Å². The van der Waals surface area contributed by atoms with Crippen molar-refractivity contribution < 1.29 is 19.4 Å². The number of ether oxygens (including phenoxy) is 2. The van der Waals surface area contributed by atoms with Gasteiger partial charge in [0.1, 0.15) is 5.60 Å². The van der Waals surface area contributed by atoms with E-state index in [1.165, 1.54) is 0 Å². The summed E-state index contributed by atoms with van der Waals surface area (Å²) in [6, 6.07) is 0. The van der Waals surface area contributed by atoms with Crippen LogP contribution < -0.4 is 0 Å². The molecule has 5 heteroatoms. The van der Waals surface area contributed by atoms with Gasteiger partial charge in [0.15, 0.2) is 0 Å². The first kappa shape index (κ1) is 16.2. The lowest BCUT2D eigenvalue weighted by molar-refractivity contribution is -0.0465. The predicted molar refractivity (Wildman–Crippen MR) is 73.0 cm³/mol. The van der Waals surface area contributed by atoms with E-state index >= 15 is 0 Å². The Balaban J connectivity index is 2.45. The van der Waals surface area contributed by atoms with Gasteiger partial charge in [-0.2, -0.15) is 0 Å². The number of aliphatic hydroxyl groups excluding tert-OH is 1. The quantitative estimate of drug-likeness (QED) is 0.851. The summed E-state index contributed by atoms with van der Waals surface area (Å²) in [5.74, 6) is 0.118. The van der Waals surface area contributed by atoms with E-state index in [4.69, 9.17) is 14.6 Å². The summed E-state index contributed by atoms with van der Waals surface area (Å²) in [6.07, 6.45) is 0.514. The summed E-state index contributed by atoms with van der Waals surface area (Å²) < 4.78 is 11.2. The van der Waals surface area contributed by atoms with Gasteiger partial charge in [0.25, 0.3) is 0 Å². The molecule has 112 valence electrons. The lowest BCUT2D eigenvalue weighted by atomic mass is 10.1. The molecule has 0 saturated carbocycles. The molecular formula is C14H27NO4. The molecule has 0 bridgehead atoms. The highest BCUT2D eigenvalue weighted by molar-refractivity contribution is 5.68. The molecule has 1 heterocycles. The third kappa shape index (κ3) is 5.37. The molecule has 1 N–H and O–H groups in total. The summed E-state index contributed by atoms with van der Waals surface area (Å²) >= 11 is 0. The van der Waals surface area contributed by atoms with Gasteiger partial charge in [-0.1, -0.05) is 6.92 Å². The largest absolute Gasteiger partial charge is 0.444 e. The second-order valence-electron chi connectivity index (χ2n) is 6.70. The van der Waals surface area contributed by atoms with E-state index in [9.17, 15) is 4.79 Å². The van der Waals surface area contributed by atoms with Crippen LogP contribution in [0.3, 0.4) is 0 Å². The molecule has 2 unspecified atom stereocenters. The van der Waals surface area contributed by atoms with E-state index in [0.29, 0.717) is 19.7 Å². The van der Waals surface area contributed by atoms with E-state index in [1.54, 1.807) is 4.90 Å². The predicted octanol–water partition coefficient (Wildman–Crippen LogP) is 2.03. The number of nitrogens with zero attached hydrogens (tertiary/aromatic N) is 1. The lowest BCUT2D eigenvalue weighted by Gasteiger charge is -2.28. The number of hydrogen-bond acceptors (Lipinski definition) is 4. The van der Waals surface area contributed by atoms with Crippen molar-refractivity contribution in [3.8, 4) is 0 Å². The Morgan fingerprint density at radius 2 is 2.11 bits per heavy atom. The van der Waals surface area contributed by atoms with Crippen LogP contribution in [-0.4, -0.2) is 53.6 Å². The van der Waals surface area contributed by atoms with Crippen LogP contribution in [0.1, 0.15) is 41.0 Å². The smallest absolute Gasteiger partial charge is 0.410 e. The third-order valence-corrected chi connectivity index (χ3v) is 3.12. The molecule has 19 heavy (non-hydrogen) atoms. The highest BCUT2D eigenvalue weighted by Crippen LogP contribution is 2.26. The SMILES string of the molecule is CC(CO)COC1(C)CCN(C(=O)OC(C)(C)C)C1. The van der Waals surface area contributed by atoms with Crippen LogP contribution >= 0.6 is 0 Å². The Kier molecular flexibility index (Phi) is 5.21. The van der Waals surface area contributed by atoms with Gasteiger partial charge in [-0.3, -0.25) is 0 Å². The second kappa shape index (κ2) is 6.09. The van der Waals surface area contributed by atoms with Crippen LogP contribution in [0.2, 0.25) is 0 Å². The molecule has 1 aliphatic heterocycles. The molecular weight excluding hydrogens is 246 g/mol. The highest BCUT2D eigenvalue weighted by atomic mass is 16.6. The fraction of sp³-hybridized carbons (Fsp3) is 0.929. The van der Waals surface area contributed by atoms with Gasteiger partial charge >= 0.3 is 6.09 Å². The zero-order valence-corrected chi connectivity index (χ0v) is 12.7. The van der Waals surface area contributed by atoms with Crippen molar-refractivity contribution in [1.82, 2.24) is 4.90 Å². The summed E-state index contributed by atoms with van der Waals surface area (Å²) in [7, 11) is 0. The van der Waals surface area contributed by atoms with Crippen LogP contribution in [0.25, 0.3) is 0 Å². The molecule has 1 fully saturated rings. The molecule has 5 nitrogen and oxygen atoms in total. The average molecular weight is 273 g/mol. The van der Waals surface area contributed by atoms with Crippen LogP contribution in [0.4, 0.5) is 4.79 Å². The van der Waals surface area contributed by atoms with Gasteiger partial charge in [0.2, 0.25) is 0 Å². The monoisotopic (exact) mass is 273 g/mol. The summed E-state index contributed by atoms with van der Waals surface area (Å²) in [6.45, 7) is 11.3.